The zero-order valence-corrected chi connectivity index (χ0v) is 9.91. The number of Topliss-reactive ketones (excluding diaryl/α,β-unsaturated/α-hetero) is 1. The van der Waals surface area contributed by atoms with Gasteiger partial charge in [-0.15, -0.1) is 0 Å². The molecule has 78 valence electrons. The van der Waals surface area contributed by atoms with Crippen LogP contribution in [0.5, 0.6) is 0 Å². The van der Waals surface area contributed by atoms with Crippen LogP contribution < -0.4 is 5.73 Å². The van der Waals surface area contributed by atoms with Crippen LogP contribution >= 0.6 is 15.9 Å². The number of nitrogens with two attached hydrogens (primary N) is 1. The summed E-state index contributed by atoms with van der Waals surface area (Å²) in [5.41, 5.74) is 6.26. The molecule has 1 atom stereocenters. The molecule has 0 aliphatic heterocycles. The van der Waals surface area contributed by atoms with Crippen molar-refractivity contribution in [2.24, 2.45) is 5.73 Å². The van der Waals surface area contributed by atoms with Crippen molar-refractivity contribution in [3.8, 4) is 0 Å². The molecule has 1 heterocycles. The summed E-state index contributed by atoms with van der Waals surface area (Å²) in [6.45, 7) is 4.50. The molecule has 0 fully saturated rings. The molecule has 14 heavy (non-hydrogen) atoms. The molecule has 0 amide bonds. The molecule has 0 saturated heterocycles. The molecule has 0 aromatic carbocycles. The summed E-state index contributed by atoms with van der Waals surface area (Å²) in [4.78, 5) is 11.8. The van der Waals surface area contributed by atoms with E-state index in [1.165, 1.54) is 0 Å². The van der Waals surface area contributed by atoms with Crippen LogP contribution in [0.1, 0.15) is 30.8 Å². The van der Waals surface area contributed by atoms with E-state index in [-0.39, 0.29) is 5.78 Å². The number of nitrogens with zero attached hydrogens (tertiary/aromatic N) is 2. The molecule has 1 unspecified atom stereocenters. The number of carbonyl (C=O) groups is 1. The molecule has 0 bridgehead atoms. The third kappa shape index (κ3) is 2.04. The van der Waals surface area contributed by atoms with Gasteiger partial charge in [0, 0.05) is 6.54 Å². The Morgan fingerprint density at radius 1 is 1.71 bits per heavy atom. The van der Waals surface area contributed by atoms with Crippen molar-refractivity contribution in [3.05, 3.63) is 16.4 Å². The maximum absolute atomic E-state index is 11.8. The third-order valence-electron chi connectivity index (χ3n) is 2.10. The van der Waals surface area contributed by atoms with Crippen LogP contribution in [-0.4, -0.2) is 21.6 Å². The van der Waals surface area contributed by atoms with Crippen LogP contribution in [0.2, 0.25) is 0 Å². The lowest BCUT2D eigenvalue weighted by molar-refractivity contribution is 0.0948. The zero-order chi connectivity index (χ0) is 10.7. The number of halogens is 1. The van der Waals surface area contributed by atoms with E-state index in [0.29, 0.717) is 23.1 Å². The number of rotatable bonds is 4. The van der Waals surface area contributed by atoms with Gasteiger partial charge in [-0.05, 0) is 29.3 Å². The van der Waals surface area contributed by atoms with E-state index in [1.54, 1.807) is 10.9 Å². The van der Waals surface area contributed by atoms with Crippen LogP contribution in [0.25, 0.3) is 0 Å². The average molecular weight is 260 g/mol. The maximum Gasteiger partial charge on any atom is 0.198 e. The summed E-state index contributed by atoms with van der Waals surface area (Å²) in [5.74, 6) is -0.0567. The highest BCUT2D eigenvalue weighted by Gasteiger charge is 2.21. The molecule has 0 spiro atoms. The van der Waals surface area contributed by atoms with Gasteiger partial charge in [-0.3, -0.25) is 9.48 Å². The van der Waals surface area contributed by atoms with Gasteiger partial charge in [0.1, 0.15) is 5.69 Å². The fraction of sp³-hybridized carbons (Fsp3) is 0.556. The summed E-state index contributed by atoms with van der Waals surface area (Å²) in [5, 5.41) is 4.07. The van der Waals surface area contributed by atoms with Gasteiger partial charge < -0.3 is 5.73 Å². The van der Waals surface area contributed by atoms with E-state index in [9.17, 15) is 4.79 Å². The second-order valence-electron chi connectivity index (χ2n) is 3.04. The Labute approximate surface area is 91.6 Å². The standard InChI is InChI=1S/C9H14BrN3O/c1-3-7(11)9(14)8-6(10)5-12-13(8)4-2/h5,7H,3-4,11H2,1-2H3. The van der Waals surface area contributed by atoms with Crippen LogP contribution in [-0.2, 0) is 6.54 Å². The number of aromatic nitrogens is 2. The minimum absolute atomic E-state index is 0.0567. The predicted octanol–water partition coefficient (Wildman–Crippen LogP) is 1.59. The fourth-order valence-electron chi connectivity index (χ4n) is 1.21. The van der Waals surface area contributed by atoms with Crippen molar-refractivity contribution < 1.29 is 4.79 Å². The van der Waals surface area contributed by atoms with Gasteiger partial charge in [0.05, 0.1) is 16.7 Å². The summed E-state index contributed by atoms with van der Waals surface area (Å²) in [6, 6.07) is -0.437. The Kier molecular flexibility index (Phi) is 3.83. The molecule has 4 nitrogen and oxygen atoms in total. The molecule has 0 saturated carbocycles. The van der Waals surface area contributed by atoms with E-state index in [0.717, 1.165) is 0 Å². The van der Waals surface area contributed by atoms with Gasteiger partial charge >= 0.3 is 0 Å². The van der Waals surface area contributed by atoms with E-state index < -0.39 is 6.04 Å². The first-order valence-corrected chi connectivity index (χ1v) is 5.42. The lowest BCUT2D eigenvalue weighted by atomic mass is 10.1. The summed E-state index contributed by atoms with van der Waals surface area (Å²) in [6.07, 6.45) is 2.26. The molecule has 0 aliphatic rings. The maximum atomic E-state index is 11.8. The molecule has 0 radical (unpaired) electrons. The van der Waals surface area contributed by atoms with E-state index in [1.807, 2.05) is 13.8 Å². The van der Waals surface area contributed by atoms with Crippen molar-refractivity contribution in [2.75, 3.05) is 0 Å². The predicted molar refractivity (Wildman–Crippen MR) is 58.2 cm³/mol. The first-order valence-electron chi connectivity index (χ1n) is 4.62. The summed E-state index contributed by atoms with van der Waals surface area (Å²) < 4.78 is 2.37. The van der Waals surface area contributed by atoms with Gasteiger partial charge in [0.2, 0.25) is 0 Å². The van der Waals surface area contributed by atoms with Gasteiger partial charge in [-0.1, -0.05) is 6.92 Å². The highest BCUT2D eigenvalue weighted by Crippen LogP contribution is 2.17. The Morgan fingerprint density at radius 2 is 2.36 bits per heavy atom. The molecular weight excluding hydrogens is 246 g/mol. The number of aryl methyl sites for hydroxylation is 1. The summed E-state index contributed by atoms with van der Waals surface area (Å²) in [7, 11) is 0. The number of ketones is 1. The number of carbonyl (C=O) groups excluding carboxylic acids is 1. The molecule has 2 N–H and O–H groups in total. The minimum Gasteiger partial charge on any atom is -0.321 e. The average Bonchev–Trinajstić information content (AvgIpc) is 2.57. The van der Waals surface area contributed by atoms with E-state index in [2.05, 4.69) is 21.0 Å². The molecule has 0 aliphatic carbocycles. The highest BCUT2D eigenvalue weighted by molar-refractivity contribution is 9.10. The molecular formula is C9H14BrN3O. The smallest absolute Gasteiger partial charge is 0.198 e. The first-order chi connectivity index (χ1) is 6.61. The van der Waals surface area contributed by atoms with E-state index >= 15 is 0 Å². The minimum atomic E-state index is -0.437. The van der Waals surface area contributed by atoms with Crippen LogP contribution in [0, 0.1) is 0 Å². The molecule has 5 heteroatoms. The highest BCUT2D eigenvalue weighted by atomic mass is 79.9. The lowest BCUT2D eigenvalue weighted by Crippen LogP contribution is -2.31. The zero-order valence-electron chi connectivity index (χ0n) is 8.33. The second-order valence-corrected chi connectivity index (χ2v) is 3.89. The Balaban J connectivity index is 3.04. The number of hydrogen-bond donors (Lipinski definition) is 1. The van der Waals surface area contributed by atoms with Gasteiger partial charge in [0.25, 0.3) is 0 Å². The monoisotopic (exact) mass is 259 g/mol. The topological polar surface area (TPSA) is 60.9 Å². The quantitative estimate of drug-likeness (QED) is 0.836. The number of hydrogen-bond acceptors (Lipinski definition) is 3. The largest absolute Gasteiger partial charge is 0.321 e. The van der Waals surface area contributed by atoms with Crippen LogP contribution in [0.3, 0.4) is 0 Å². The van der Waals surface area contributed by atoms with E-state index in [4.69, 9.17) is 5.73 Å². The van der Waals surface area contributed by atoms with Gasteiger partial charge in [-0.25, -0.2) is 0 Å². The van der Waals surface area contributed by atoms with Crippen LogP contribution in [0.4, 0.5) is 0 Å². The second kappa shape index (κ2) is 4.70. The normalized spacial score (nSPS) is 12.9. The van der Waals surface area contributed by atoms with Crippen molar-refractivity contribution in [3.63, 3.8) is 0 Å². The van der Waals surface area contributed by atoms with Crippen molar-refractivity contribution >= 4 is 21.7 Å². The Morgan fingerprint density at radius 3 is 2.86 bits per heavy atom. The lowest BCUT2D eigenvalue weighted by Gasteiger charge is -2.09. The van der Waals surface area contributed by atoms with Crippen molar-refractivity contribution in [1.82, 2.24) is 9.78 Å². The van der Waals surface area contributed by atoms with Gasteiger partial charge in [-0.2, -0.15) is 5.10 Å². The summed E-state index contributed by atoms with van der Waals surface area (Å²) >= 11 is 3.30. The Bertz CT molecular complexity index is 335. The molecule has 1 rings (SSSR count). The van der Waals surface area contributed by atoms with Gasteiger partial charge in [0.15, 0.2) is 5.78 Å². The Hall–Kier alpha value is -0.680. The van der Waals surface area contributed by atoms with Crippen molar-refractivity contribution in [2.45, 2.75) is 32.9 Å². The fourth-order valence-corrected chi connectivity index (χ4v) is 1.70. The molecule has 1 aromatic rings. The SMILES string of the molecule is CCC(N)C(=O)c1c(Br)cnn1CC. The first kappa shape index (κ1) is 11.4. The molecule has 1 aromatic heterocycles. The third-order valence-corrected chi connectivity index (χ3v) is 2.68. The van der Waals surface area contributed by atoms with Crippen LogP contribution in [0.15, 0.2) is 10.7 Å². The van der Waals surface area contributed by atoms with Crippen molar-refractivity contribution in [1.29, 1.82) is 0 Å².